The van der Waals surface area contributed by atoms with Gasteiger partial charge < -0.3 is 4.90 Å². The van der Waals surface area contributed by atoms with Gasteiger partial charge in [0.25, 0.3) is 5.91 Å². The maximum absolute atomic E-state index is 12.5. The first kappa shape index (κ1) is 13.4. The summed E-state index contributed by atoms with van der Waals surface area (Å²) in [4.78, 5) is 14.4. The quantitative estimate of drug-likeness (QED) is 0.788. The van der Waals surface area contributed by atoms with Crippen molar-refractivity contribution in [2.24, 2.45) is 13.0 Å². The first-order valence-electron chi connectivity index (χ1n) is 6.48. The van der Waals surface area contributed by atoms with E-state index in [-0.39, 0.29) is 11.9 Å². The Morgan fingerprint density at radius 3 is 2.89 bits per heavy atom. The summed E-state index contributed by atoms with van der Waals surface area (Å²) in [6.45, 7) is 4.99. The van der Waals surface area contributed by atoms with Crippen molar-refractivity contribution in [2.75, 3.05) is 12.4 Å². The summed E-state index contributed by atoms with van der Waals surface area (Å²) in [5.41, 5.74) is 1.62. The molecule has 2 rings (SSSR count). The van der Waals surface area contributed by atoms with E-state index in [1.807, 2.05) is 24.9 Å². The Kier molecular flexibility index (Phi) is 3.95. The van der Waals surface area contributed by atoms with Crippen LogP contribution in [0, 0.1) is 5.92 Å². The molecular weight excluding hydrogens is 250 g/mol. The number of nitrogens with zero attached hydrogens (tertiary/aromatic N) is 3. The number of hydrogen-bond acceptors (Lipinski definition) is 2. The van der Waals surface area contributed by atoms with Crippen LogP contribution >= 0.6 is 11.6 Å². The summed E-state index contributed by atoms with van der Waals surface area (Å²) in [6.07, 6.45) is 1.87. The molecule has 1 aromatic rings. The van der Waals surface area contributed by atoms with Gasteiger partial charge in [-0.15, -0.1) is 11.6 Å². The molecule has 0 spiro atoms. The number of alkyl halides is 1. The molecule has 2 unspecified atom stereocenters. The Morgan fingerprint density at radius 2 is 2.33 bits per heavy atom. The van der Waals surface area contributed by atoms with Crippen molar-refractivity contribution in [3.8, 4) is 0 Å². The number of amides is 1. The van der Waals surface area contributed by atoms with Crippen LogP contribution in [0.2, 0.25) is 0 Å². The van der Waals surface area contributed by atoms with E-state index in [9.17, 15) is 4.79 Å². The van der Waals surface area contributed by atoms with Crippen LogP contribution in [0.15, 0.2) is 6.07 Å². The van der Waals surface area contributed by atoms with Gasteiger partial charge in [-0.3, -0.25) is 9.48 Å². The highest BCUT2D eigenvalue weighted by Crippen LogP contribution is 2.26. The van der Waals surface area contributed by atoms with E-state index in [4.69, 9.17) is 11.6 Å². The largest absolute Gasteiger partial charge is 0.333 e. The summed E-state index contributed by atoms with van der Waals surface area (Å²) < 4.78 is 1.68. The molecule has 1 amide bonds. The normalized spacial score (nSPS) is 23.7. The summed E-state index contributed by atoms with van der Waals surface area (Å²) in [5, 5.41) is 4.33. The molecule has 1 aliphatic heterocycles. The maximum Gasteiger partial charge on any atom is 0.272 e. The molecule has 2 heterocycles. The number of halogens is 1. The Hall–Kier alpha value is -1.03. The predicted octanol–water partition coefficient (Wildman–Crippen LogP) is 2.07. The highest BCUT2D eigenvalue weighted by molar-refractivity contribution is 6.18. The van der Waals surface area contributed by atoms with Gasteiger partial charge in [-0.05, 0) is 24.8 Å². The van der Waals surface area contributed by atoms with Crippen molar-refractivity contribution in [1.29, 1.82) is 0 Å². The summed E-state index contributed by atoms with van der Waals surface area (Å²) in [5.74, 6) is 1.04. The number of carbonyl (C=O) groups excluding carboxylic acids is 1. The minimum absolute atomic E-state index is 0.0553. The molecule has 0 N–H and O–H groups in total. The fourth-order valence-corrected chi connectivity index (χ4v) is 3.01. The molecule has 0 aliphatic carbocycles. The van der Waals surface area contributed by atoms with E-state index < -0.39 is 0 Å². The Balaban J connectivity index is 2.23. The molecule has 1 fully saturated rings. The van der Waals surface area contributed by atoms with E-state index >= 15 is 0 Å². The number of rotatable bonds is 3. The van der Waals surface area contributed by atoms with Crippen LogP contribution < -0.4 is 0 Å². The number of aryl methyl sites for hydroxylation is 2. The van der Waals surface area contributed by atoms with Gasteiger partial charge in [0.05, 0.1) is 5.69 Å². The molecule has 1 aromatic heterocycles. The standard InChI is InChI=1S/C13H20ClN3O/c1-4-10-7-11(16(3)15-10)13(18)17-6-5-9(2)12(17)8-14/h7,9,12H,4-6,8H2,1-3H3. The van der Waals surface area contributed by atoms with Crippen molar-refractivity contribution in [3.05, 3.63) is 17.5 Å². The van der Waals surface area contributed by atoms with Gasteiger partial charge in [-0.25, -0.2) is 0 Å². The first-order chi connectivity index (χ1) is 8.58. The smallest absolute Gasteiger partial charge is 0.272 e. The van der Waals surface area contributed by atoms with Crippen LogP contribution in [-0.2, 0) is 13.5 Å². The molecule has 0 bridgehead atoms. The Labute approximate surface area is 113 Å². The SMILES string of the molecule is CCc1cc(C(=O)N2CCC(C)C2CCl)n(C)n1. The minimum atomic E-state index is 0.0553. The molecule has 0 aromatic carbocycles. The Morgan fingerprint density at radius 1 is 1.61 bits per heavy atom. The van der Waals surface area contributed by atoms with Gasteiger partial charge in [0.15, 0.2) is 0 Å². The highest BCUT2D eigenvalue weighted by Gasteiger charge is 2.35. The van der Waals surface area contributed by atoms with Gasteiger partial charge in [-0.2, -0.15) is 5.10 Å². The van der Waals surface area contributed by atoms with Crippen molar-refractivity contribution >= 4 is 17.5 Å². The number of aromatic nitrogens is 2. The van der Waals surface area contributed by atoms with Crippen LogP contribution in [0.4, 0.5) is 0 Å². The van der Waals surface area contributed by atoms with Crippen molar-refractivity contribution < 1.29 is 4.79 Å². The number of likely N-dealkylation sites (tertiary alicyclic amines) is 1. The van der Waals surface area contributed by atoms with Gasteiger partial charge in [-0.1, -0.05) is 13.8 Å². The fourth-order valence-electron chi connectivity index (χ4n) is 2.54. The second kappa shape index (κ2) is 5.31. The lowest BCUT2D eigenvalue weighted by Gasteiger charge is -2.24. The molecule has 2 atom stereocenters. The molecule has 0 saturated carbocycles. The van der Waals surface area contributed by atoms with Crippen LogP contribution in [0.5, 0.6) is 0 Å². The minimum Gasteiger partial charge on any atom is -0.333 e. The molecule has 5 heteroatoms. The fraction of sp³-hybridized carbons (Fsp3) is 0.692. The van der Waals surface area contributed by atoms with Crippen LogP contribution in [0.25, 0.3) is 0 Å². The van der Waals surface area contributed by atoms with E-state index in [1.165, 1.54) is 0 Å². The second-order valence-electron chi connectivity index (χ2n) is 4.98. The van der Waals surface area contributed by atoms with Crippen LogP contribution in [-0.4, -0.2) is 39.1 Å². The van der Waals surface area contributed by atoms with Crippen molar-refractivity contribution in [2.45, 2.75) is 32.7 Å². The number of hydrogen-bond donors (Lipinski definition) is 0. The first-order valence-corrected chi connectivity index (χ1v) is 7.01. The average Bonchev–Trinajstić information content (AvgIpc) is 2.91. The third-order valence-corrected chi connectivity index (χ3v) is 4.13. The summed E-state index contributed by atoms with van der Waals surface area (Å²) in [6, 6.07) is 2.04. The zero-order valence-electron chi connectivity index (χ0n) is 11.2. The highest BCUT2D eigenvalue weighted by atomic mass is 35.5. The van der Waals surface area contributed by atoms with Crippen LogP contribution in [0.1, 0.15) is 36.5 Å². The van der Waals surface area contributed by atoms with Crippen molar-refractivity contribution in [3.63, 3.8) is 0 Å². The predicted molar refractivity (Wildman–Crippen MR) is 71.9 cm³/mol. The molecule has 1 saturated heterocycles. The molecule has 1 aliphatic rings. The zero-order valence-corrected chi connectivity index (χ0v) is 11.9. The van der Waals surface area contributed by atoms with Gasteiger partial charge >= 0.3 is 0 Å². The van der Waals surface area contributed by atoms with Gasteiger partial charge in [0.2, 0.25) is 0 Å². The zero-order chi connectivity index (χ0) is 13.3. The monoisotopic (exact) mass is 269 g/mol. The summed E-state index contributed by atoms with van der Waals surface area (Å²) >= 11 is 5.98. The lowest BCUT2D eigenvalue weighted by Crippen LogP contribution is -2.39. The van der Waals surface area contributed by atoms with E-state index in [2.05, 4.69) is 12.0 Å². The summed E-state index contributed by atoms with van der Waals surface area (Å²) in [7, 11) is 1.82. The van der Waals surface area contributed by atoms with Gasteiger partial charge in [0, 0.05) is 25.5 Å². The Bertz CT molecular complexity index is 443. The lowest BCUT2D eigenvalue weighted by atomic mass is 10.1. The molecule has 100 valence electrons. The molecule has 4 nitrogen and oxygen atoms in total. The van der Waals surface area contributed by atoms with E-state index in [0.29, 0.717) is 17.5 Å². The third-order valence-electron chi connectivity index (χ3n) is 3.81. The second-order valence-corrected chi connectivity index (χ2v) is 5.29. The van der Waals surface area contributed by atoms with Crippen molar-refractivity contribution in [1.82, 2.24) is 14.7 Å². The molecule has 18 heavy (non-hydrogen) atoms. The molecular formula is C13H20ClN3O. The van der Waals surface area contributed by atoms with E-state index in [0.717, 1.165) is 25.1 Å². The third kappa shape index (κ3) is 2.26. The average molecular weight is 270 g/mol. The van der Waals surface area contributed by atoms with E-state index in [1.54, 1.807) is 4.68 Å². The maximum atomic E-state index is 12.5. The lowest BCUT2D eigenvalue weighted by molar-refractivity contribution is 0.0726. The molecule has 0 radical (unpaired) electrons. The van der Waals surface area contributed by atoms with Crippen LogP contribution in [0.3, 0.4) is 0 Å². The topological polar surface area (TPSA) is 38.1 Å². The number of carbonyl (C=O) groups is 1. The van der Waals surface area contributed by atoms with Gasteiger partial charge in [0.1, 0.15) is 5.69 Å².